The molecule has 9 heteroatoms. The fraction of sp³-hybridized carbons (Fsp3) is 0.381. The molecule has 0 aliphatic carbocycles. The average Bonchev–Trinajstić information content (AvgIpc) is 2.99. The maximum absolute atomic E-state index is 13.1. The van der Waals surface area contributed by atoms with E-state index in [-0.39, 0.29) is 34.4 Å². The number of carbonyl (C=O) groups excluding carboxylic acids is 1. The van der Waals surface area contributed by atoms with Gasteiger partial charge in [0, 0.05) is 24.6 Å². The van der Waals surface area contributed by atoms with E-state index in [1.165, 1.54) is 18.2 Å². The normalized spacial score (nSPS) is 15.5. The SMILES string of the molecule is Cc1noc2nc(-c3cccc(C(F)(F)F)c3)cc(C(=O)N3CC(C(C)(C)O)C3)c12. The molecule has 2 aromatic heterocycles. The molecular weight excluding hydrogens is 399 g/mol. The summed E-state index contributed by atoms with van der Waals surface area (Å²) in [6, 6.07) is 6.22. The van der Waals surface area contributed by atoms with Crippen molar-refractivity contribution in [2.24, 2.45) is 5.92 Å². The number of hydrogen-bond acceptors (Lipinski definition) is 5. The summed E-state index contributed by atoms with van der Waals surface area (Å²) in [6.45, 7) is 5.83. The molecule has 1 aliphatic heterocycles. The van der Waals surface area contributed by atoms with Gasteiger partial charge in [-0.05, 0) is 39.0 Å². The van der Waals surface area contributed by atoms with Crippen LogP contribution in [0, 0.1) is 12.8 Å². The lowest BCUT2D eigenvalue weighted by molar-refractivity contribution is -0.137. The fourth-order valence-corrected chi connectivity index (χ4v) is 3.53. The second-order valence-corrected chi connectivity index (χ2v) is 8.14. The average molecular weight is 419 g/mol. The van der Waals surface area contributed by atoms with Gasteiger partial charge in [0.25, 0.3) is 11.6 Å². The first-order chi connectivity index (χ1) is 13.9. The summed E-state index contributed by atoms with van der Waals surface area (Å²) in [5.74, 6) is -0.354. The van der Waals surface area contributed by atoms with Crippen molar-refractivity contribution in [1.82, 2.24) is 15.0 Å². The van der Waals surface area contributed by atoms with Crippen LogP contribution < -0.4 is 0 Å². The van der Waals surface area contributed by atoms with E-state index in [9.17, 15) is 23.1 Å². The topological polar surface area (TPSA) is 79.5 Å². The van der Waals surface area contributed by atoms with Crippen molar-refractivity contribution in [3.8, 4) is 11.3 Å². The van der Waals surface area contributed by atoms with Crippen molar-refractivity contribution in [2.75, 3.05) is 13.1 Å². The van der Waals surface area contributed by atoms with E-state index in [0.29, 0.717) is 24.2 Å². The largest absolute Gasteiger partial charge is 0.416 e. The smallest absolute Gasteiger partial charge is 0.390 e. The number of aromatic nitrogens is 2. The minimum absolute atomic E-state index is 0.0507. The number of likely N-dealkylation sites (tertiary alicyclic amines) is 1. The number of aryl methyl sites for hydroxylation is 1. The number of alkyl halides is 3. The van der Waals surface area contributed by atoms with Gasteiger partial charge >= 0.3 is 6.18 Å². The number of nitrogens with zero attached hydrogens (tertiary/aromatic N) is 3. The summed E-state index contributed by atoms with van der Waals surface area (Å²) in [5.41, 5.74) is -0.484. The number of rotatable bonds is 3. The molecule has 1 aliphatic rings. The van der Waals surface area contributed by atoms with Crippen LogP contribution in [-0.4, -0.2) is 44.7 Å². The van der Waals surface area contributed by atoms with Crippen molar-refractivity contribution in [1.29, 1.82) is 0 Å². The van der Waals surface area contributed by atoms with E-state index >= 15 is 0 Å². The monoisotopic (exact) mass is 419 g/mol. The Hall–Kier alpha value is -2.94. The molecule has 3 heterocycles. The Kier molecular flexibility index (Phi) is 4.61. The zero-order valence-electron chi connectivity index (χ0n) is 16.6. The highest BCUT2D eigenvalue weighted by Crippen LogP contribution is 2.35. The van der Waals surface area contributed by atoms with Gasteiger partial charge in [-0.2, -0.15) is 13.2 Å². The van der Waals surface area contributed by atoms with E-state index in [0.717, 1.165) is 12.1 Å². The third-order valence-corrected chi connectivity index (χ3v) is 5.50. The molecule has 0 bridgehead atoms. The van der Waals surface area contributed by atoms with E-state index < -0.39 is 17.3 Å². The van der Waals surface area contributed by atoms with Crippen molar-refractivity contribution in [2.45, 2.75) is 32.5 Å². The predicted molar refractivity (Wildman–Crippen MR) is 103 cm³/mol. The molecule has 1 saturated heterocycles. The molecule has 6 nitrogen and oxygen atoms in total. The lowest BCUT2D eigenvalue weighted by atomic mass is 9.84. The molecule has 1 N–H and O–H groups in total. The van der Waals surface area contributed by atoms with Gasteiger partial charge < -0.3 is 14.5 Å². The Labute approximate surface area is 170 Å². The number of amides is 1. The number of aliphatic hydroxyl groups is 1. The lowest BCUT2D eigenvalue weighted by Gasteiger charge is -2.45. The Balaban J connectivity index is 1.76. The Morgan fingerprint density at radius 2 is 1.93 bits per heavy atom. The van der Waals surface area contributed by atoms with Crippen LogP contribution in [0.25, 0.3) is 22.4 Å². The maximum atomic E-state index is 13.1. The molecule has 1 fully saturated rings. The zero-order chi connectivity index (χ0) is 21.8. The maximum Gasteiger partial charge on any atom is 0.416 e. The zero-order valence-corrected chi connectivity index (χ0v) is 16.6. The van der Waals surface area contributed by atoms with Crippen LogP contribution in [-0.2, 0) is 6.18 Å². The van der Waals surface area contributed by atoms with Crippen LogP contribution in [0.3, 0.4) is 0 Å². The lowest BCUT2D eigenvalue weighted by Crippen LogP contribution is -2.57. The Morgan fingerprint density at radius 3 is 2.57 bits per heavy atom. The molecular formula is C21H20F3N3O3. The molecule has 4 rings (SSSR count). The van der Waals surface area contributed by atoms with Crippen molar-refractivity contribution < 1.29 is 27.6 Å². The van der Waals surface area contributed by atoms with Crippen molar-refractivity contribution in [3.63, 3.8) is 0 Å². The molecule has 0 spiro atoms. The first-order valence-electron chi connectivity index (χ1n) is 9.41. The number of fused-ring (bicyclic) bond motifs is 1. The summed E-state index contributed by atoms with van der Waals surface area (Å²) in [5, 5.41) is 14.4. The predicted octanol–water partition coefficient (Wildman–Crippen LogP) is 4.06. The number of pyridine rings is 1. The van der Waals surface area contributed by atoms with Gasteiger partial charge in [0.2, 0.25) is 0 Å². The van der Waals surface area contributed by atoms with E-state index in [4.69, 9.17) is 4.52 Å². The van der Waals surface area contributed by atoms with Gasteiger partial charge in [0.15, 0.2) is 0 Å². The van der Waals surface area contributed by atoms with Gasteiger partial charge in [-0.3, -0.25) is 4.79 Å². The van der Waals surface area contributed by atoms with Crippen LogP contribution in [0.1, 0.15) is 35.5 Å². The Bertz CT molecular complexity index is 1130. The summed E-state index contributed by atoms with van der Waals surface area (Å²) >= 11 is 0. The molecule has 0 radical (unpaired) electrons. The van der Waals surface area contributed by atoms with Gasteiger partial charge in [-0.15, -0.1) is 0 Å². The molecule has 0 atom stereocenters. The number of benzene rings is 1. The number of carbonyl (C=O) groups is 1. The number of hydrogen-bond donors (Lipinski definition) is 1. The van der Waals surface area contributed by atoms with Crippen LogP contribution in [0.4, 0.5) is 13.2 Å². The van der Waals surface area contributed by atoms with Crippen LogP contribution in [0.5, 0.6) is 0 Å². The van der Waals surface area contributed by atoms with Gasteiger partial charge in [-0.25, -0.2) is 4.98 Å². The highest BCUT2D eigenvalue weighted by Gasteiger charge is 2.40. The van der Waals surface area contributed by atoms with Gasteiger partial charge in [0.05, 0.1) is 33.5 Å². The van der Waals surface area contributed by atoms with Crippen molar-refractivity contribution in [3.05, 3.63) is 47.2 Å². The first kappa shape index (κ1) is 20.3. The summed E-state index contributed by atoms with van der Waals surface area (Å²) in [7, 11) is 0. The Morgan fingerprint density at radius 1 is 1.23 bits per heavy atom. The number of halogens is 3. The van der Waals surface area contributed by atoms with E-state index in [1.54, 1.807) is 25.7 Å². The third kappa shape index (κ3) is 3.54. The molecule has 1 amide bonds. The minimum atomic E-state index is -4.49. The molecule has 30 heavy (non-hydrogen) atoms. The van der Waals surface area contributed by atoms with Gasteiger partial charge in [0.1, 0.15) is 0 Å². The fourth-order valence-electron chi connectivity index (χ4n) is 3.53. The molecule has 158 valence electrons. The third-order valence-electron chi connectivity index (χ3n) is 5.50. The van der Waals surface area contributed by atoms with Crippen LogP contribution >= 0.6 is 0 Å². The standard InChI is InChI=1S/C21H20F3N3O3/c1-11-17-15(19(28)27-9-14(10-27)20(2,3)29)8-16(25-18(17)30-26-11)12-5-4-6-13(7-12)21(22,23)24/h4-8,14,29H,9-10H2,1-3H3. The molecule has 0 saturated carbocycles. The van der Waals surface area contributed by atoms with E-state index in [1.807, 2.05) is 0 Å². The highest BCUT2D eigenvalue weighted by molar-refractivity contribution is 6.07. The second-order valence-electron chi connectivity index (χ2n) is 8.14. The van der Waals surface area contributed by atoms with Crippen LogP contribution in [0.2, 0.25) is 0 Å². The van der Waals surface area contributed by atoms with Gasteiger partial charge in [-0.1, -0.05) is 17.3 Å². The van der Waals surface area contributed by atoms with E-state index in [2.05, 4.69) is 10.1 Å². The second kappa shape index (κ2) is 6.80. The van der Waals surface area contributed by atoms with Crippen molar-refractivity contribution >= 4 is 17.0 Å². The summed E-state index contributed by atoms with van der Waals surface area (Å²) in [4.78, 5) is 19.0. The first-order valence-corrected chi connectivity index (χ1v) is 9.41. The summed E-state index contributed by atoms with van der Waals surface area (Å²) < 4.78 is 44.5. The van der Waals surface area contributed by atoms with Crippen LogP contribution in [0.15, 0.2) is 34.9 Å². The minimum Gasteiger partial charge on any atom is -0.390 e. The molecule has 3 aromatic rings. The molecule has 1 aromatic carbocycles. The highest BCUT2D eigenvalue weighted by atomic mass is 19.4. The summed E-state index contributed by atoms with van der Waals surface area (Å²) in [6.07, 6.45) is -4.49. The molecule has 0 unspecified atom stereocenters. The quantitative estimate of drug-likeness (QED) is 0.693.